The molecule has 0 saturated carbocycles. The quantitative estimate of drug-likeness (QED) is 0.546. The van der Waals surface area contributed by atoms with Crippen LogP contribution in [-0.2, 0) is 21.7 Å². The molecule has 2 N–H and O–H groups in total. The van der Waals surface area contributed by atoms with Crippen molar-refractivity contribution in [2.45, 2.75) is 32.0 Å². The first-order chi connectivity index (χ1) is 12.3. The smallest absolute Gasteiger partial charge is 0.343 e. The average molecular weight is 378 g/mol. The zero-order valence-electron chi connectivity index (χ0n) is 15.2. The maximum Gasteiger partial charge on any atom is 0.343 e. The van der Waals surface area contributed by atoms with E-state index in [1.165, 1.54) is 7.11 Å². The average Bonchev–Trinajstić information content (AvgIpc) is 2.60. The lowest BCUT2D eigenvalue weighted by molar-refractivity contribution is -0.142. The third kappa shape index (κ3) is 6.02. The summed E-state index contributed by atoms with van der Waals surface area (Å²) >= 11 is 6.01. The number of hydrogen-bond acceptors (Lipinski definition) is 5. The van der Waals surface area contributed by atoms with Gasteiger partial charge < -0.3 is 14.6 Å². The zero-order chi connectivity index (χ0) is 19.2. The number of carbonyl (C=O) groups excluding carboxylic acids is 1. The van der Waals surface area contributed by atoms with Crippen molar-refractivity contribution in [3.63, 3.8) is 0 Å². The van der Waals surface area contributed by atoms with Gasteiger partial charge in [0.05, 0.1) is 7.11 Å². The molecular weight excluding hydrogens is 354 g/mol. The molecule has 0 fully saturated rings. The van der Waals surface area contributed by atoms with Gasteiger partial charge in [-0.1, -0.05) is 35.9 Å². The molecule has 0 bridgehead atoms. The SMILES string of the molecule is COC(=O)COc1ccc(C[C@H](C)N[C@@](C)(O)c2cccc(Cl)c2)cc1. The first-order valence-electron chi connectivity index (χ1n) is 8.35. The summed E-state index contributed by atoms with van der Waals surface area (Å²) < 4.78 is 9.86. The molecule has 26 heavy (non-hydrogen) atoms. The van der Waals surface area contributed by atoms with Crippen molar-refractivity contribution in [3.05, 3.63) is 64.7 Å². The van der Waals surface area contributed by atoms with E-state index in [0.717, 1.165) is 5.56 Å². The van der Waals surface area contributed by atoms with E-state index in [-0.39, 0.29) is 12.6 Å². The van der Waals surface area contributed by atoms with Gasteiger partial charge in [0.1, 0.15) is 11.5 Å². The van der Waals surface area contributed by atoms with Crippen molar-refractivity contribution in [3.8, 4) is 5.75 Å². The largest absolute Gasteiger partial charge is 0.482 e. The number of methoxy groups -OCH3 is 1. The molecular formula is C20H24ClNO4. The normalized spacial score (nSPS) is 14.3. The number of benzene rings is 2. The third-order valence-electron chi connectivity index (χ3n) is 3.96. The van der Waals surface area contributed by atoms with Gasteiger partial charge in [0.25, 0.3) is 0 Å². The standard InChI is InChI=1S/C20H24ClNO4/c1-14(22-20(2,24)16-5-4-6-17(21)12-16)11-15-7-9-18(10-8-15)26-13-19(23)25-3/h4-10,12,14,22,24H,11,13H2,1-3H3/t14-,20-/m0/s1. The molecule has 2 atom stereocenters. The van der Waals surface area contributed by atoms with Gasteiger partial charge in [-0.2, -0.15) is 0 Å². The predicted molar refractivity (Wildman–Crippen MR) is 101 cm³/mol. The molecule has 0 amide bonds. The molecule has 0 radical (unpaired) electrons. The van der Waals surface area contributed by atoms with Gasteiger partial charge in [0.15, 0.2) is 6.61 Å². The Morgan fingerprint density at radius 1 is 1.27 bits per heavy atom. The molecule has 0 spiro atoms. The Kier molecular flexibility index (Phi) is 7.03. The zero-order valence-corrected chi connectivity index (χ0v) is 15.9. The number of aliphatic hydroxyl groups is 1. The van der Waals surface area contributed by atoms with Gasteiger partial charge >= 0.3 is 5.97 Å². The minimum Gasteiger partial charge on any atom is -0.482 e. The van der Waals surface area contributed by atoms with Crippen molar-refractivity contribution in [1.82, 2.24) is 5.32 Å². The summed E-state index contributed by atoms with van der Waals surface area (Å²) in [5.74, 6) is 0.181. The highest BCUT2D eigenvalue weighted by molar-refractivity contribution is 6.30. The highest BCUT2D eigenvalue weighted by Crippen LogP contribution is 2.22. The summed E-state index contributed by atoms with van der Waals surface area (Å²) in [6.45, 7) is 3.59. The first kappa shape index (κ1) is 20.2. The van der Waals surface area contributed by atoms with E-state index in [4.69, 9.17) is 16.3 Å². The van der Waals surface area contributed by atoms with Crippen LogP contribution in [0.1, 0.15) is 25.0 Å². The van der Waals surface area contributed by atoms with Gasteiger partial charge in [0.2, 0.25) is 0 Å². The van der Waals surface area contributed by atoms with E-state index in [9.17, 15) is 9.90 Å². The fraction of sp³-hybridized carbons (Fsp3) is 0.350. The fourth-order valence-corrected chi connectivity index (χ4v) is 2.87. The van der Waals surface area contributed by atoms with Crippen LogP contribution in [0.5, 0.6) is 5.75 Å². The van der Waals surface area contributed by atoms with Gasteiger partial charge in [-0.05, 0) is 55.7 Å². The molecule has 6 heteroatoms. The predicted octanol–water partition coefficient (Wildman–Crippen LogP) is 3.28. The lowest BCUT2D eigenvalue weighted by Gasteiger charge is -2.29. The van der Waals surface area contributed by atoms with Crippen LogP contribution in [0, 0.1) is 0 Å². The number of carbonyl (C=O) groups is 1. The minimum absolute atomic E-state index is 0.0193. The van der Waals surface area contributed by atoms with E-state index in [2.05, 4.69) is 10.1 Å². The van der Waals surface area contributed by atoms with Crippen LogP contribution < -0.4 is 10.1 Å². The molecule has 5 nitrogen and oxygen atoms in total. The minimum atomic E-state index is -1.19. The number of nitrogens with one attached hydrogen (secondary N) is 1. The molecule has 2 rings (SSSR count). The number of halogens is 1. The fourth-order valence-electron chi connectivity index (χ4n) is 2.68. The summed E-state index contributed by atoms with van der Waals surface area (Å²) in [4.78, 5) is 11.1. The molecule has 0 heterocycles. The first-order valence-corrected chi connectivity index (χ1v) is 8.72. The van der Waals surface area contributed by atoms with Crippen molar-refractivity contribution < 1.29 is 19.4 Å². The molecule has 2 aromatic carbocycles. The van der Waals surface area contributed by atoms with E-state index in [0.29, 0.717) is 22.8 Å². The Bertz CT molecular complexity index is 731. The number of hydrogen-bond donors (Lipinski definition) is 2. The van der Waals surface area contributed by atoms with Crippen molar-refractivity contribution in [2.24, 2.45) is 0 Å². The van der Waals surface area contributed by atoms with Crippen LogP contribution in [0.15, 0.2) is 48.5 Å². The molecule has 0 aliphatic rings. The third-order valence-corrected chi connectivity index (χ3v) is 4.20. The number of esters is 1. The van der Waals surface area contributed by atoms with E-state index >= 15 is 0 Å². The summed E-state index contributed by atoms with van der Waals surface area (Å²) in [6, 6.07) is 14.6. The van der Waals surface area contributed by atoms with Crippen LogP contribution in [-0.4, -0.2) is 30.8 Å². The highest BCUT2D eigenvalue weighted by atomic mass is 35.5. The Hall–Kier alpha value is -2.08. The molecule has 0 aromatic heterocycles. The van der Waals surface area contributed by atoms with Crippen LogP contribution in [0.2, 0.25) is 5.02 Å². The van der Waals surface area contributed by atoms with Crippen molar-refractivity contribution in [2.75, 3.05) is 13.7 Å². The Labute approximate surface area is 158 Å². The van der Waals surface area contributed by atoms with E-state index in [1.54, 1.807) is 31.2 Å². The second kappa shape index (κ2) is 9.03. The van der Waals surface area contributed by atoms with Gasteiger partial charge in [-0.15, -0.1) is 0 Å². The summed E-state index contributed by atoms with van der Waals surface area (Å²) in [6.07, 6.45) is 0.716. The van der Waals surface area contributed by atoms with E-state index in [1.807, 2.05) is 31.2 Å². The maximum absolute atomic E-state index is 11.1. The van der Waals surface area contributed by atoms with Gasteiger partial charge in [-0.25, -0.2) is 4.79 Å². The maximum atomic E-state index is 11.1. The van der Waals surface area contributed by atoms with Crippen LogP contribution >= 0.6 is 11.6 Å². The van der Waals surface area contributed by atoms with Crippen molar-refractivity contribution in [1.29, 1.82) is 0 Å². The molecule has 0 aliphatic heterocycles. The number of rotatable bonds is 8. The topological polar surface area (TPSA) is 67.8 Å². The lowest BCUT2D eigenvalue weighted by atomic mass is 10.0. The summed E-state index contributed by atoms with van der Waals surface area (Å²) in [5, 5.41) is 14.5. The monoisotopic (exact) mass is 377 g/mol. The summed E-state index contributed by atoms with van der Waals surface area (Å²) in [5.41, 5.74) is 0.606. The molecule has 2 aromatic rings. The van der Waals surface area contributed by atoms with E-state index < -0.39 is 11.7 Å². The lowest BCUT2D eigenvalue weighted by Crippen LogP contribution is -2.45. The van der Waals surface area contributed by atoms with Crippen molar-refractivity contribution >= 4 is 17.6 Å². The number of ether oxygens (including phenoxy) is 2. The molecule has 0 unspecified atom stereocenters. The van der Waals surface area contributed by atoms with Crippen LogP contribution in [0.25, 0.3) is 0 Å². The Morgan fingerprint density at radius 3 is 2.58 bits per heavy atom. The van der Waals surface area contributed by atoms with Gasteiger partial charge in [0, 0.05) is 11.1 Å². The molecule has 0 saturated heterocycles. The highest BCUT2D eigenvalue weighted by Gasteiger charge is 2.25. The van der Waals surface area contributed by atoms with Crippen LogP contribution in [0.4, 0.5) is 0 Å². The Morgan fingerprint density at radius 2 is 1.96 bits per heavy atom. The molecule has 140 valence electrons. The second-order valence-electron chi connectivity index (χ2n) is 6.34. The van der Waals surface area contributed by atoms with Gasteiger partial charge in [-0.3, -0.25) is 5.32 Å². The molecule has 0 aliphatic carbocycles. The van der Waals surface area contributed by atoms with Crippen LogP contribution in [0.3, 0.4) is 0 Å². The second-order valence-corrected chi connectivity index (χ2v) is 6.78. The summed E-state index contributed by atoms with van der Waals surface area (Å²) in [7, 11) is 1.32. The Balaban J connectivity index is 1.92.